The molecule has 5 aliphatic carbocycles. The molecule has 0 radical (unpaired) electrons. The van der Waals surface area contributed by atoms with Crippen molar-refractivity contribution in [1.82, 2.24) is 0 Å². The third kappa shape index (κ3) is 5.88. The van der Waals surface area contributed by atoms with E-state index in [1.54, 1.807) is 11.1 Å². The molecule has 0 unspecified atom stereocenters. The minimum atomic E-state index is -0.0227. The van der Waals surface area contributed by atoms with Crippen LogP contribution in [0.3, 0.4) is 0 Å². The zero-order chi connectivity index (χ0) is 47.8. The fourth-order valence-corrected chi connectivity index (χ4v) is 16.0. The van der Waals surface area contributed by atoms with Gasteiger partial charge in [-0.05, 0) is 141 Å². The third-order valence-corrected chi connectivity index (χ3v) is 18.4. The number of para-hydroxylation sites is 3. The Balaban J connectivity index is 1.04. The number of hydrogen-bond acceptors (Lipinski definition) is 2. The van der Waals surface area contributed by atoms with Crippen LogP contribution in [0.2, 0.25) is 0 Å². The van der Waals surface area contributed by atoms with E-state index < -0.39 is 0 Å². The first-order valence-electron chi connectivity index (χ1n) is 26.8. The van der Waals surface area contributed by atoms with Gasteiger partial charge in [0.15, 0.2) is 0 Å². The Morgan fingerprint density at radius 3 is 1.25 bits per heavy atom. The van der Waals surface area contributed by atoms with Crippen LogP contribution in [-0.4, -0.2) is 6.71 Å². The summed E-state index contributed by atoms with van der Waals surface area (Å²) in [5, 5.41) is 0. The van der Waals surface area contributed by atoms with E-state index in [0.29, 0.717) is 11.8 Å². The van der Waals surface area contributed by atoms with Crippen molar-refractivity contribution in [2.75, 3.05) is 9.80 Å². The van der Waals surface area contributed by atoms with E-state index in [4.69, 9.17) is 0 Å². The molecule has 0 atom stereocenters. The standard InChI is InChI=1S/C70H53BN2/c1-5-20-47(21-6-1)53-29-17-30-54(48-22-7-2-8-23-48)68(53)72-63-35-16-15-34-61(63)71-62-43-58-57-28-13-14-33-59(57)70(51-39-45-38-46(41-51)42-52(70)40-45)60(58)44-66(62)73(65-37-19-36-64(72)67(65)71)69-55(49-24-9-3-10-25-49)31-18-32-56(69)50-26-11-4-12-27-50/h1-37,43-46,51-52H,38-42H2. The lowest BCUT2D eigenvalue weighted by atomic mass is 9.33. The average Bonchev–Trinajstić information content (AvgIpc) is 3.74. The van der Waals surface area contributed by atoms with Crippen molar-refractivity contribution in [3.8, 4) is 55.6 Å². The van der Waals surface area contributed by atoms with Crippen LogP contribution >= 0.6 is 0 Å². The number of anilines is 6. The lowest BCUT2D eigenvalue weighted by molar-refractivity contribution is -0.0399. The molecule has 0 amide bonds. The Kier molecular flexibility index (Phi) is 9.05. The minimum Gasteiger partial charge on any atom is -0.310 e. The van der Waals surface area contributed by atoms with Crippen molar-refractivity contribution >= 4 is 57.2 Å². The largest absolute Gasteiger partial charge is 0.310 e. The highest BCUT2D eigenvalue weighted by molar-refractivity contribution is 7.00. The van der Waals surface area contributed by atoms with Crippen molar-refractivity contribution in [1.29, 1.82) is 0 Å². The van der Waals surface area contributed by atoms with Crippen molar-refractivity contribution in [3.63, 3.8) is 0 Å². The summed E-state index contributed by atoms with van der Waals surface area (Å²) in [4.78, 5) is 5.38. The van der Waals surface area contributed by atoms with Gasteiger partial charge in [-0.2, -0.15) is 0 Å². The van der Waals surface area contributed by atoms with Crippen LogP contribution in [0.1, 0.15) is 43.2 Å². The van der Waals surface area contributed by atoms with Gasteiger partial charge in [0.05, 0.1) is 11.4 Å². The van der Waals surface area contributed by atoms with Crippen LogP contribution < -0.4 is 26.2 Å². The third-order valence-electron chi connectivity index (χ3n) is 18.4. The molecule has 3 heteroatoms. The zero-order valence-corrected chi connectivity index (χ0v) is 40.8. The maximum Gasteiger partial charge on any atom is 0.252 e. The normalized spacial score (nSPS) is 21.1. The number of fused-ring (bicyclic) bond motifs is 7. The molecule has 10 aromatic carbocycles. The van der Waals surface area contributed by atoms with Gasteiger partial charge in [-0.3, -0.25) is 0 Å². The van der Waals surface area contributed by atoms with E-state index in [-0.39, 0.29) is 12.1 Å². The molecule has 7 aliphatic rings. The van der Waals surface area contributed by atoms with Gasteiger partial charge in [-0.15, -0.1) is 0 Å². The summed E-state index contributed by atoms with van der Waals surface area (Å²) >= 11 is 0. The number of hydrogen-bond donors (Lipinski definition) is 0. The summed E-state index contributed by atoms with van der Waals surface area (Å²) in [7, 11) is 0. The fourth-order valence-electron chi connectivity index (χ4n) is 16.0. The molecule has 2 nitrogen and oxygen atoms in total. The molecule has 0 N–H and O–H groups in total. The molecule has 17 rings (SSSR count). The highest BCUT2D eigenvalue weighted by Gasteiger charge is 2.62. The molecule has 346 valence electrons. The van der Waals surface area contributed by atoms with E-state index in [2.05, 4.69) is 246 Å². The van der Waals surface area contributed by atoms with Crippen molar-refractivity contribution < 1.29 is 0 Å². The lowest BCUT2D eigenvalue weighted by Gasteiger charge is -2.61. The fraction of sp³-hybridized carbons (Fsp3) is 0.143. The number of rotatable bonds is 6. The monoisotopic (exact) mass is 932 g/mol. The summed E-state index contributed by atoms with van der Waals surface area (Å²) in [5.41, 5.74) is 27.3. The first-order valence-corrected chi connectivity index (χ1v) is 26.8. The van der Waals surface area contributed by atoms with Crippen molar-refractivity contribution in [2.45, 2.75) is 37.5 Å². The van der Waals surface area contributed by atoms with Gasteiger partial charge < -0.3 is 9.80 Å². The molecule has 0 aromatic heterocycles. The van der Waals surface area contributed by atoms with Gasteiger partial charge in [-0.1, -0.05) is 212 Å². The summed E-state index contributed by atoms with van der Waals surface area (Å²) in [5.74, 6) is 3.05. The van der Waals surface area contributed by atoms with E-state index in [1.807, 2.05) is 0 Å². The van der Waals surface area contributed by atoms with Gasteiger partial charge in [0.2, 0.25) is 0 Å². The Labute approximate surface area is 429 Å². The Bertz CT molecular complexity index is 3680. The maximum atomic E-state index is 2.77. The van der Waals surface area contributed by atoms with Gasteiger partial charge in [0.1, 0.15) is 0 Å². The highest BCUT2D eigenvalue weighted by Crippen LogP contribution is 2.70. The van der Waals surface area contributed by atoms with Gasteiger partial charge in [-0.25, -0.2) is 0 Å². The average molecular weight is 933 g/mol. The van der Waals surface area contributed by atoms with Gasteiger partial charge >= 0.3 is 0 Å². The summed E-state index contributed by atoms with van der Waals surface area (Å²) in [6.45, 7) is -0.0227. The molecule has 4 bridgehead atoms. The molecule has 10 aromatic rings. The molecule has 0 saturated heterocycles. The van der Waals surface area contributed by atoms with Crippen LogP contribution in [0.15, 0.2) is 237 Å². The Hall–Kier alpha value is -8.14. The Morgan fingerprint density at radius 2 is 0.726 bits per heavy atom. The predicted molar refractivity (Wildman–Crippen MR) is 305 cm³/mol. The van der Waals surface area contributed by atoms with Crippen molar-refractivity contribution in [2.24, 2.45) is 23.7 Å². The molecule has 1 spiro atoms. The quantitative estimate of drug-likeness (QED) is 0.153. The lowest BCUT2D eigenvalue weighted by Crippen LogP contribution is -2.61. The van der Waals surface area contributed by atoms with Crippen LogP contribution in [0, 0.1) is 23.7 Å². The van der Waals surface area contributed by atoms with E-state index in [9.17, 15) is 0 Å². The van der Waals surface area contributed by atoms with Gasteiger partial charge in [0.25, 0.3) is 6.71 Å². The first-order chi connectivity index (χ1) is 36.2. The van der Waals surface area contributed by atoms with Crippen molar-refractivity contribution in [3.05, 3.63) is 248 Å². The van der Waals surface area contributed by atoms with Crippen LogP contribution in [-0.2, 0) is 5.41 Å². The second kappa shape index (κ2) is 15.9. The van der Waals surface area contributed by atoms with Crippen LogP contribution in [0.4, 0.5) is 34.1 Å². The second-order valence-corrected chi connectivity index (χ2v) is 21.9. The van der Waals surface area contributed by atoms with E-state index in [0.717, 1.165) is 11.8 Å². The summed E-state index contributed by atoms with van der Waals surface area (Å²) in [6.07, 6.45) is 6.84. The molecule has 2 heterocycles. The smallest absolute Gasteiger partial charge is 0.252 e. The first kappa shape index (κ1) is 41.5. The highest BCUT2D eigenvalue weighted by atomic mass is 15.2. The summed E-state index contributed by atoms with van der Waals surface area (Å²) < 4.78 is 0. The predicted octanol–water partition coefficient (Wildman–Crippen LogP) is 16.2. The number of nitrogens with zero attached hydrogens (tertiary/aromatic N) is 2. The van der Waals surface area contributed by atoms with Crippen LogP contribution in [0.25, 0.3) is 55.6 Å². The molecule has 2 aliphatic heterocycles. The zero-order valence-electron chi connectivity index (χ0n) is 40.8. The summed E-state index contributed by atoms with van der Waals surface area (Å²) in [6, 6.07) is 89.9. The SMILES string of the molecule is c1ccc(-c2cccc(-c3ccccc3)c2N2c3ccccc3B3c4cc5c(cc4N(c4c(-c6ccccc6)cccc4-c4ccccc4)c4cccc2c43)C2(c3ccccc3-5)C3CC4CC(C3)CC2C4)cc1. The van der Waals surface area contributed by atoms with Crippen LogP contribution in [0.5, 0.6) is 0 Å². The molecular weight excluding hydrogens is 880 g/mol. The molecule has 73 heavy (non-hydrogen) atoms. The molecular formula is C70H53BN2. The Morgan fingerprint density at radius 1 is 0.315 bits per heavy atom. The minimum absolute atomic E-state index is 0.0135. The molecule has 4 fully saturated rings. The van der Waals surface area contributed by atoms with Gasteiger partial charge in [0, 0.05) is 50.4 Å². The second-order valence-electron chi connectivity index (χ2n) is 21.9. The topological polar surface area (TPSA) is 6.48 Å². The van der Waals surface area contributed by atoms with E-state index in [1.165, 1.54) is 138 Å². The van der Waals surface area contributed by atoms with E-state index >= 15 is 0 Å². The number of benzene rings is 10. The maximum absolute atomic E-state index is 2.77. The molecule has 4 saturated carbocycles.